The monoisotopic (exact) mass is 277 g/mol. The van der Waals surface area contributed by atoms with E-state index in [2.05, 4.69) is 50.4 Å². The van der Waals surface area contributed by atoms with E-state index in [0.29, 0.717) is 6.04 Å². The highest BCUT2D eigenvalue weighted by molar-refractivity contribution is 5.29. The summed E-state index contributed by atoms with van der Waals surface area (Å²) in [6.07, 6.45) is 7.58. The Bertz CT molecular complexity index is 334. The summed E-state index contributed by atoms with van der Waals surface area (Å²) >= 11 is 0. The van der Waals surface area contributed by atoms with Crippen LogP contribution in [0.15, 0.2) is 24.3 Å². The van der Waals surface area contributed by atoms with Crippen LogP contribution in [0, 0.1) is 0 Å². The molecule has 2 nitrogen and oxygen atoms in total. The first-order valence-corrected chi connectivity index (χ1v) is 8.27. The normalized spacial score (nSPS) is 12.3. The Morgan fingerprint density at radius 2 is 1.70 bits per heavy atom. The van der Waals surface area contributed by atoms with Crippen LogP contribution in [0.25, 0.3) is 0 Å². The van der Waals surface area contributed by atoms with Gasteiger partial charge in [0.05, 0.1) is 6.61 Å². The first-order valence-electron chi connectivity index (χ1n) is 8.27. The lowest BCUT2D eigenvalue weighted by Gasteiger charge is -2.18. The van der Waals surface area contributed by atoms with Crippen molar-refractivity contribution in [2.24, 2.45) is 0 Å². The molecule has 0 spiro atoms. The number of rotatable bonds is 11. The Labute approximate surface area is 124 Å². The van der Waals surface area contributed by atoms with E-state index < -0.39 is 0 Å². The minimum Gasteiger partial charge on any atom is -0.494 e. The quantitative estimate of drug-likeness (QED) is 0.568. The average molecular weight is 277 g/mol. The highest BCUT2D eigenvalue weighted by Gasteiger charge is 2.09. The van der Waals surface area contributed by atoms with E-state index in [-0.39, 0.29) is 0 Å². The van der Waals surface area contributed by atoms with Crippen molar-refractivity contribution in [2.75, 3.05) is 13.2 Å². The van der Waals surface area contributed by atoms with E-state index in [9.17, 15) is 0 Å². The lowest BCUT2D eigenvalue weighted by atomic mass is 10.00. The van der Waals surface area contributed by atoms with Crippen molar-refractivity contribution in [3.05, 3.63) is 29.8 Å². The second-order valence-electron chi connectivity index (χ2n) is 5.38. The van der Waals surface area contributed by atoms with Gasteiger partial charge in [0.15, 0.2) is 0 Å². The molecular formula is C18H31NO. The lowest BCUT2D eigenvalue weighted by Crippen LogP contribution is -2.20. The van der Waals surface area contributed by atoms with Crippen LogP contribution in [0.1, 0.15) is 70.9 Å². The Hall–Kier alpha value is -1.02. The zero-order chi connectivity index (χ0) is 14.6. The predicted octanol–water partition coefficient (Wildman–Crippen LogP) is 5.10. The van der Waals surface area contributed by atoms with E-state index in [1.165, 1.54) is 37.7 Å². The van der Waals surface area contributed by atoms with Gasteiger partial charge >= 0.3 is 0 Å². The highest BCUT2D eigenvalue weighted by atomic mass is 16.5. The third-order valence-corrected chi connectivity index (χ3v) is 3.55. The Morgan fingerprint density at radius 3 is 2.30 bits per heavy atom. The topological polar surface area (TPSA) is 21.3 Å². The van der Waals surface area contributed by atoms with Crippen LogP contribution in [-0.2, 0) is 0 Å². The van der Waals surface area contributed by atoms with E-state index in [0.717, 1.165) is 25.3 Å². The largest absolute Gasteiger partial charge is 0.494 e. The maximum Gasteiger partial charge on any atom is 0.119 e. The Kier molecular flexibility index (Phi) is 9.14. The molecular weight excluding hydrogens is 246 g/mol. The van der Waals surface area contributed by atoms with Gasteiger partial charge in [-0.1, -0.05) is 58.6 Å². The molecule has 0 aliphatic carbocycles. The van der Waals surface area contributed by atoms with Crippen molar-refractivity contribution in [3.8, 4) is 5.75 Å². The molecule has 1 aromatic rings. The molecule has 114 valence electrons. The zero-order valence-electron chi connectivity index (χ0n) is 13.5. The number of benzene rings is 1. The van der Waals surface area contributed by atoms with Crippen LogP contribution in [0.2, 0.25) is 0 Å². The summed E-state index contributed by atoms with van der Waals surface area (Å²) in [7, 11) is 0. The number of unbranched alkanes of at least 4 members (excludes halogenated alkanes) is 3. The molecule has 0 aromatic heterocycles. The molecule has 0 saturated carbocycles. The first kappa shape index (κ1) is 17.0. The Morgan fingerprint density at radius 1 is 0.950 bits per heavy atom. The fraction of sp³-hybridized carbons (Fsp3) is 0.667. The molecule has 1 atom stereocenters. The predicted molar refractivity (Wildman–Crippen MR) is 87.4 cm³/mol. The SMILES string of the molecule is CCCCCCC(NCC)c1ccc(OCCC)cc1. The molecule has 0 bridgehead atoms. The maximum atomic E-state index is 5.64. The Balaban J connectivity index is 2.52. The molecule has 1 N–H and O–H groups in total. The van der Waals surface area contributed by atoms with Gasteiger partial charge < -0.3 is 10.1 Å². The van der Waals surface area contributed by atoms with Crippen LogP contribution in [0.3, 0.4) is 0 Å². The van der Waals surface area contributed by atoms with Gasteiger partial charge in [0.25, 0.3) is 0 Å². The highest BCUT2D eigenvalue weighted by Crippen LogP contribution is 2.22. The summed E-state index contributed by atoms with van der Waals surface area (Å²) in [6, 6.07) is 9.09. The van der Waals surface area contributed by atoms with Crippen LogP contribution in [-0.4, -0.2) is 13.2 Å². The second-order valence-corrected chi connectivity index (χ2v) is 5.38. The van der Waals surface area contributed by atoms with E-state index in [4.69, 9.17) is 4.74 Å². The number of nitrogens with one attached hydrogen (secondary N) is 1. The molecule has 1 unspecified atom stereocenters. The second kappa shape index (κ2) is 10.7. The van der Waals surface area contributed by atoms with Gasteiger partial charge in [-0.05, 0) is 37.1 Å². The van der Waals surface area contributed by atoms with Gasteiger partial charge in [-0.25, -0.2) is 0 Å². The van der Waals surface area contributed by atoms with Crippen molar-refractivity contribution in [1.82, 2.24) is 5.32 Å². The number of hydrogen-bond donors (Lipinski definition) is 1. The lowest BCUT2D eigenvalue weighted by molar-refractivity contribution is 0.317. The summed E-state index contributed by atoms with van der Waals surface area (Å²) in [5, 5.41) is 3.60. The minimum absolute atomic E-state index is 0.483. The average Bonchev–Trinajstić information content (AvgIpc) is 2.49. The zero-order valence-corrected chi connectivity index (χ0v) is 13.5. The number of ether oxygens (including phenoxy) is 1. The summed E-state index contributed by atoms with van der Waals surface area (Å²) in [5.41, 5.74) is 1.38. The van der Waals surface area contributed by atoms with Crippen LogP contribution in [0.4, 0.5) is 0 Å². The van der Waals surface area contributed by atoms with Crippen LogP contribution in [0.5, 0.6) is 5.75 Å². The van der Waals surface area contributed by atoms with Gasteiger partial charge in [-0.3, -0.25) is 0 Å². The molecule has 20 heavy (non-hydrogen) atoms. The smallest absolute Gasteiger partial charge is 0.119 e. The molecule has 0 aliphatic rings. The van der Waals surface area contributed by atoms with Gasteiger partial charge in [-0.15, -0.1) is 0 Å². The van der Waals surface area contributed by atoms with Gasteiger partial charge in [0.1, 0.15) is 5.75 Å². The summed E-state index contributed by atoms with van der Waals surface area (Å²) in [4.78, 5) is 0. The summed E-state index contributed by atoms with van der Waals surface area (Å²) in [5.74, 6) is 0.983. The summed E-state index contributed by atoms with van der Waals surface area (Å²) < 4.78 is 5.64. The van der Waals surface area contributed by atoms with E-state index in [1.807, 2.05) is 0 Å². The summed E-state index contributed by atoms with van der Waals surface area (Å²) in [6.45, 7) is 8.39. The molecule has 0 radical (unpaired) electrons. The molecule has 2 heteroatoms. The van der Waals surface area contributed by atoms with E-state index >= 15 is 0 Å². The molecule has 0 heterocycles. The van der Waals surface area contributed by atoms with Crippen LogP contribution < -0.4 is 10.1 Å². The van der Waals surface area contributed by atoms with Crippen molar-refractivity contribution in [1.29, 1.82) is 0 Å². The minimum atomic E-state index is 0.483. The third kappa shape index (κ3) is 6.42. The van der Waals surface area contributed by atoms with Gasteiger partial charge in [0, 0.05) is 6.04 Å². The fourth-order valence-electron chi connectivity index (χ4n) is 2.42. The van der Waals surface area contributed by atoms with Crippen molar-refractivity contribution < 1.29 is 4.74 Å². The van der Waals surface area contributed by atoms with Gasteiger partial charge in [-0.2, -0.15) is 0 Å². The van der Waals surface area contributed by atoms with E-state index in [1.54, 1.807) is 0 Å². The first-order chi connectivity index (χ1) is 9.81. The third-order valence-electron chi connectivity index (χ3n) is 3.55. The van der Waals surface area contributed by atoms with Crippen molar-refractivity contribution in [2.45, 2.75) is 65.3 Å². The standard InChI is InChI=1S/C18H31NO/c1-4-7-8-9-10-18(19-6-3)16-11-13-17(14-12-16)20-15-5-2/h11-14,18-19H,4-10,15H2,1-3H3. The van der Waals surface area contributed by atoms with Crippen LogP contribution >= 0.6 is 0 Å². The number of hydrogen-bond acceptors (Lipinski definition) is 2. The van der Waals surface area contributed by atoms with Crippen molar-refractivity contribution in [3.63, 3.8) is 0 Å². The molecule has 0 fully saturated rings. The molecule has 0 amide bonds. The maximum absolute atomic E-state index is 5.64. The molecule has 1 aromatic carbocycles. The molecule has 1 rings (SSSR count). The fourth-order valence-corrected chi connectivity index (χ4v) is 2.42. The van der Waals surface area contributed by atoms with Crippen molar-refractivity contribution >= 4 is 0 Å². The van der Waals surface area contributed by atoms with Gasteiger partial charge in [0.2, 0.25) is 0 Å². The molecule has 0 aliphatic heterocycles. The molecule has 0 saturated heterocycles.